The predicted molar refractivity (Wildman–Crippen MR) is 56.4 cm³/mol. The highest BCUT2D eigenvalue weighted by atomic mass is 14.8. The Balaban J connectivity index is 3.25. The van der Waals surface area contributed by atoms with Crippen molar-refractivity contribution in [2.45, 2.75) is 40.0 Å². The van der Waals surface area contributed by atoms with Crippen molar-refractivity contribution in [1.29, 1.82) is 0 Å². The molecule has 0 atom stereocenters. The monoisotopic (exact) mass is 169 g/mol. The Hall–Kier alpha value is -0.300. The third-order valence-corrected chi connectivity index (χ3v) is 1.79. The topological polar surface area (TPSA) is 12.0 Å². The minimum absolute atomic E-state index is 0.480. The van der Waals surface area contributed by atoms with Gasteiger partial charge in [-0.15, -0.1) is 0 Å². The highest BCUT2D eigenvalue weighted by Gasteiger charge is 2.07. The molecule has 0 radical (unpaired) electrons. The molecule has 1 N–H and O–H groups in total. The second kappa shape index (κ2) is 6.24. The zero-order chi connectivity index (χ0) is 9.45. The molecule has 0 rings (SSSR count). The molecule has 0 heterocycles. The lowest BCUT2D eigenvalue weighted by Gasteiger charge is -2.15. The summed E-state index contributed by atoms with van der Waals surface area (Å²) < 4.78 is 0. The molecule has 0 saturated carbocycles. The average Bonchev–Trinajstić information content (AvgIpc) is 1.94. The lowest BCUT2D eigenvalue weighted by molar-refractivity contribution is 0.381. The van der Waals surface area contributed by atoms with Crippen molar-refractivity contribution in [1.82, 2.24) is 5.32 Å². The maximum absolute atomic E-state index is 3.12. The zero-order valence-electron chi connectivity index (χ0n) is 8.98. The maximum Gasteiger partial charge on any atom is -0.00173 e. The van der Waals surface area contributed by atoms with Crippen LogP contribution in [0.1, 0.15) is 40.0 Å². The van der Waals surface area contributed by atoms with Crippen LogP contribution in [0.2, 0.25) is 0 Å². The van der Waals surface area contributed by atoms with E-state index in [1.54, 1.807) is 0 Å². The number of rotatable bonds is 5. The molecule has 0 amide bonds. The Morgan fingerprint density at radius 1 is 1.08 bits per heavy atom. The van der Waals surface area contributed by atoms with E-state index in [1.807, 2.05) is 7.05 Å². The van der Waals surface area contributed by atoms with Gasteiger partial charge in [0.15, 0.2) is 0 Å². The van der Waals surface area contributed by atoms with E-state index in [2.05, 4.69) is 38.2 Å². The van der Waals surface area contributed by atoms with Gasteiger partial charge in [-0.1, -0.05) is 32.9 Å². The van der Waals surface area contributed by atoms with Gasteiger partial charge in [-0.25, -0.2) is 0 Å². The van der Waals surface area contributed by atoms with E-state index in [0.29, 0.717) is 5.41 Å². The molecule has 0 aromatic carbocycles. The number of hydrogen-bond acceptors (Lipinski definition) is 1. The minimum atomic E-state index is 0.480. The van der Waals surface area contributed by atoms with Crippen molar-refractivity contribution >= 4 is 0 Å². The number of hydrogen-bond donors (Lipinski definition) is 1. The van der Waals surface area contributed by atoms with Crippen molar-refractivity contribution in [3.05, 3.63) is 12.2 Å². The molecule has 0 aliphatic rings. The van der Waals surface area contributed by atoms with Crippen LogP contribution in [0.3, 0.4) is 0 Å². The van der Waals surface area contributed by atoms with E-state index in [4.69, 9.17) is 0 Å². The van der Waals surface area contributed by atoms with Crippen molar-refractivity contribution in [2.75, 3.05) is 13.6 Å². The molecule has 1 heteroatoms. The summed E-state index contributed by atoms with van der Waals surface area (Å²) in [5, 5.41) is 3.12. The van der Waals surface area contributed by atoms with Crippen LogP contribution in [-0.2, 0) is 0 Å². The molecule has 0 aliphatic heterocycles. The lowest BCUT2D eigenvalue weighted by Crippen LogP contribution is -2.06. The summed E-state index contributed by atoms with van der Waals surface area (Å²) in [5.41, 5.74) is 0.480. The summed E-state index contributed by atoms with van der Waals surface area (Å²) >= 11 is 0. The molecule has 12 heavy (non-hydrogen) atoms. The summed E-state index contributed by atoms with van der Waals surface area (Å²) in [6, 6.07) is 0. The third-order valence-electron chi connectivity index (χ3n) is 1.79. The maximum atomic E-state index is 3.12. The normalized spacial score (nSPS) is 12.7. The van der Waals surface area contributed by atoms with Gasteiger partial charge >= 0.3 is 0 Å². The highest BCUT2D eigenvalue weighted by Crippen LogP contribution is 2.20. The molecule has 72 valence electrons. The highest BCUT2D eigenvalue weighted by molar-refractivity contribution is 4.83. The minimum Gasteiger partial charge on any atom is -0.319 e. The van der Waals surface area contributed by atoms with Gasteiger partial charge in [0.25, 0.3) is 0 Å². The van der Waals surface area contributed by atoms with Crippen molar-refractivity contribution in [2.24, 2.45) is 5.41 Å². The van der Waals surface area contributed by atoms with Crippen LogP contribution >= 0.6 is 0 Å². The average molecular weight is 169 g/mol. The van der Waals surface area contributed by atoms with Gasteiger partial charge in [0.2, 0.25) is 0 Å². The van der Waals surface area contributed by atoms with E-state index in [0.717, 1.165) is 13.0 Å². The molecule has 0 aromatic rings. The SMILES string of the molecule is CNCCC=CCCC(C)(C)C. The van der Waals surface area contributed by atoms with Crippen LogP contribution in [0.25, 0.3) is 0 Å². The van der Waals surface area contributed by atoms with E-state index in [9.17, 15) is 0 Å². The van der Waals surface area contributed by atoms with Gasteiger partial charge in [-0.05, 0) is 38.3 Å². The molecule has 0 aromatic heterocycles. The quantitative estimate of drug-likeness (QED) is 0.493. The Labute approximate surface area is 77.2 Å². The van der Waals surface area contributed by atoms with Crippen LogP contribution in [-0.4, -0.2) is 13.6 Å². The molecule has 0 bridgehead atoms. The first-order chi connectivity index (χ1) is 5.56. The molecule has 0 aliphatic carbocycles. The fraction of sp³-hybridized carbons (Fsp3) is 0.818. The van der Waals surface area contributed by atoms with Gasteiger partial charge in [0.05, 0.1) is 0 Å². The van der Waals surface area contributed by atoms with Crippen molar-refractivity contribution in [3.63, 3.8) is 0 Å². The molecular formula is C11H23N. The number of allylic oxidation sites excluding steroid dienone is 1. The largest absolute Gasteiger partial charge is 0.319 e. The van der Waals surface area contributed by atoms with Crippen LogP contribution in [0, 0.1) is 5.41 Å². The smallest absolute Gasteiger partial charge is 0.00173 e. The summed E-state index contributed by atoms with van der Waals surface area (Å²) in [6.45, 7) is 7.95. The Bertz CT molecular complexity index is 119. The molecular weight excluding hydrogens is 146 g/mol. The summed E-state index contributed by atoms with van der Waals surface area (Å²) in [5.74, 6) is 0. The zero-order valence-corrected chi connectivity index (χ0v) is 8.98. The lowest BCUT2D eigenvalue weighted by atomic mass is 9.90. The van der Waals surface area contributed by atoms with Gasteiger partial charge in [-0.3, -0.25) is 0 Å². The van der Waals surface area contributed by atoms with Crippen LogP contribution < -0.4 is 5.32 Å². The first-order valence-electron chi connectivity index (χ1n) is 4.86. The van der Waals surface area contributed by atoms with Crippen molar-refractivity contribution in [3.8, 4) is 0 Å². The first kappa shape index (κ1) is 11.7. The second-order valence-electron chi connectivity index (χ2n) is 4.46. The standard InChI is InChI=1S/C11H23N/c1-11(2,3)9-7-5-6-8-10-12-4/h5-6,12H,7-10H2,1-4H3. The Morgan fingerprint density at radius 3 is 2.17 bits per heavy atom. The number of nitrogens with one attached hydrogen (secondary N) is 1. The molecule has 0 fully saturated rings. The first-order valence-corrected chi connectivity index (χ1v) is 4.86. The molecule has 0 unspecified atom stereocenters. The van der Waals surface area contributed by atoms with E-state index in [-0.39, 0.29) is 0 Å². The molecule has 1 nitrogen and oxygen atoms in total. The van der Waals surface area contributed by atoms with E-state index in [1.165, 1.54) is 12.8 Å². The second-order valence-corrected chi connectivity index (χ2v) is 4.46. The van der Waals surface area contributed by atoms with E-state index >= 15 is 0 Å². The van der Waals surface area contributed by atoms with Gasteiger partial charge in [-0.2, -0.15) is 0 Å². The molecule has 0 saturated heterocycles. The predicted octanol–water partition coefficient (Wildman–Crippen LogP) is 2.98. The summed E-state index contributed by atoms with van der Waals surface area (Å²) in [6.07, 6.45) is 8.21. The summed E-state index contributed by atoms with van der Waals surface area (Å²) in [4.78, 5) is 0. The molecule has 0 spiro atoms. The van der Waals surface area contributed by atoms with Gasteiger partial charge in [0.1, 0.15) is 0 Å². The fourth-order valence-electron chi connectivity index (χ4n) is 0.980. The third kappa shape index (κ3) is 9.70. The van der Waals surface area contributed by atoms with Crippen molar-refractivity contribution < 1.29 is 0 Å². The van der Waals surface area contributed by atoms with Crippen LogP contribution in [0.5, 0.6) is 0 Å². The van der Waals surface area contributed by atoms with Crippen LogP contribution in [0.4, 0.5) is 0 Å². The van der Waals surface area contributed by atoms with Crippen LogP contribution in [0.15, 0.2) is 12.2 Å². The van der Waals surface area contributed by atoms with Gasteiger partial charge < -0.3 is 5.32 Å². The Kier molecular flexibility index (Phi) is 6.09. The Morgan fingerprint density at radius 2 is 1.67 bits per heavy atom. The van der Waals surface area contributed by atoms with Gasteiger partial charge in [0, 0.05) is 0 Å². The summed E-state index contributed by atoms with van der Waals surface area (Å²) in [7, 11) is 1.99. The van der Waals surface area contributed by atoms with E-state index < -0.39 is 0 Å². The fourth-order valence-corrected chi connectivity index (χ4v) is 0.980.